The van der Waals surface area contributed by atoms with Gasteiger partial charge in [0.15, 0.2) is 0 Å². The number of nitrogens with one attached hydrogen (secondary N) is 2. The van der Waals surface area contributed by atoms with Gasteiger partial charge in [-0.15, -0.1) is 0 Å². The lowest BCUT2D eigenvalue weighted by Gasteiger charge is -2.17. The molecule has 2 N–H and O–H groups in total. The molecule has 1 aromatic heterocycles. The molecule has 2 rings (SSSR count). The van der Waals surface area contributed by atoms with E-state index in [1.54, 1.807) is 7.11 Å². The van der Waals surface area contributed by atoms with Crippen LogP contribution in [-0.4, -0.2) is 31.2 Å². The van der Waals surface area contributed by atoms with Crippen LogP contribution in [0.4, 0.5) is 5.69 Å². The third-order valence-corrected chi connectivity index (χ3v) is 4.30. The molecule has 0 radical (unpaired) electrons. The molecular formula is C19H29N3O. The fourth-order valence-corrected chi connectivity index (χ4v) is 2.46. The number of ether oxygens (including phenoxy) is 1. The van der Waals surface area contributed by atoms with Crippen LogP contribution in [0.5, 0.6) is 5.75 Å². The van der Waals surface area contributed by atoms with Gasteiger partial charge in [0, 0.05) is 30.2 Å². The quantitative estimate of drug-likeness (QED) is 0.685. The molecule has 0 bridgehead atoms. The number of hydrogen-bond acceptors (Lipinski definition) is 4. The van der Waals surface area contributed by atoms with E-state index in [2.05, 4.69) is 42.5 Å². The molecule has 1 heterocycles. The monoisotopic (exact) mass is 315 g/mol. The van der Waals surface area contributed by atoms with Gasteiger partial charge < -0.3 is 15.4 Å². The first-order valence-electron chi connectivity index (χ1n) is 8.52. The first-order chi connectivity index (χ1) is 11.1. The zero-order chi connectivity index (χ0) is 16.7. The van der Waals surface area contributed by atoms with Gasteiger partial charge in [0.1, 0.15) is 5.75 Å². The molecule has 0 amide bonds. The lowest BCUT2D eigenvalue weighted by Crippen LogP contribution is -2.31. The molecular weight excluding hydrogens is 286 g/mol. The summed E-state index contributed by atoms with van der Waals surface area (Å²) in [5.74, 6) is 1.54. The zero-order valence-electron chi connectivity index (χ0n) is 14.7. The van der Waals surface area contributed by atoms with E-state index in [9.17, 15) is 0 Å². The van der Waals surface area contributed by atoms with Gasteiger partial charge in [0.25, 0.3) is 0 Å². The summed E-state index contributed by atoms with van der Waals surface area (Å²) in [6.07, 6.45) is 4.12. The minimum absolute atomic E-state index is 0.578. The van der Waals surface area contributed by atoms with E-state index in [1.807, 2.05) is 24.4 Å². The Balaban J connectivity index is 1.85. The van der Waals surface area contributed by atoms with E-state index in [4.69, 9.17) is 4.74 Å². The summed E-state index contributed by atoms with van der Waals surface area (Å²) < 4.78 is 5.38. The highest BCUT2D eigenvalue weighted by atomic mass is 16.5. The zero-order valence-corrected chi connectivity index (χ0v) is 14.7. The number of fused-ring (bicyclic) bond motifs is 1. The standard InChI is InChI=1S/C19H29N3O/c1-14(2)15(3)20-9-5-6-10-21-18-13-17(23-4)12-16-8-7-11-22-19(16)18/h7-8,11-15,20-21H,5-6,9-10H2,1-4H3. The molecule has 0 aliphatic rings. The van der Waals surface area contributed by atoms with Crippen molar-refractivity contribution in [2.24, 2.45) is 5.92 Å². The van der Waals surface area contributed by atoms with Gasteiger partial charge in [0.2, 0.25) is 0 Å². The van der Waals surface area contributed by atoms with Gasteiger partial charge in [-0.1, -0.05) is 19.9 Å². The molecule has 4 heteroatoms. The Kier molecular flexibility index (Phi) is 6.66. The van der Waals surface area contributed by atoms with Crippen LogP contribution < -0.4 is 15.4 Å². The third-order valence-electron chi connectivity index (χ3n) is 4.30. The molecule has 4 nitrogen and oxygen atoms in total. The van der Waals surface area contributed by atoms with Crippen molar-refractivity contribution in [3.05, 3.63) is 30.5 Å². The molecule has 126 valence electrons. The number of aromatic nitrogens is 1. The van der Waals surface area contributed by atoms with Crippen molar-refractivity contribution < 1.29 is 4.74 Å². The van der Waals surface area contributed by atoms with Crippen molar-refractivity contribution in [2.75, 3.05) is 25.5 Å². The first kappa shape index (κ1) is 17.5. The maximum Gasteiger partial charge on any atom is 0.121 e. The van der Waals surface area contributed by atoms with E-state index < -0.39 is 0 Å². The molecule has 0 fully saturated rings. The Morgan fingerprint density at radius 3 is 2.65 bits per heavy atom. The number of methoxy groups -OCH3 is 1. The number of nitrogens with zero attached hydrogens (tertiary/aromatic N) is 1. The Morgan fingerprint density at radius 1 is 1.13 bits per heavy atom. The molecule has 2 aromatic rings. The number of benzene rings is 1. The van der Waals surface area contributed by atoms with Crippen LogP contribution in [0.15, 0.2) is 30.5 Å². The number of unbranched alkanes of at least 4 members (excludes halogenated alkanes) is 1. The summed E-state index contributed by atoms with van der Waals surface area (Å²) in [6.45, 7) is 8.76. The average Bonchev–Trinajstić information content (AvgIpc) is 2.57. The number of anilines is 1. The predicted octanol–water partition coefficient (Wildman–Crippen LogP) is 4.07. The highest BCUT2D eigenvalue weighted by Crippen LogP contribution is 2.27. The van der Waals surface area contributed by atoms with Crippen LogP contribution in [0.3, 0.4) is 0 Å². The van der Waals surface area contributed by atoms with Crippen LogP contribution in [0, 0.1) is 5.92 Å². The minimum Gasteiger partial charge on any atom is -0.497 e. The molecule has 0 aliphatic carbocycles. The Labute approximate surface area is 139 Å². The topological polar surface area (TPSA) is 46.2 Å². The van der Waals surface area contributed by atoms with Gasteiger partial charge in [-0.2, -0.15) is 0 Å². The second-order valence-corrected chi connectivity index (χ2v) is 6.37. The highest BCUT2D eigenvalue weighted by Gasteiger charge is 2.06. The molecule has 0 aliphatic heterocycles. The van der Waals surface area contributed by atoms with Crippen molar-refractivity contribution in [2.45, 2.75) is 39.7 Å². The second kappa shape index (κ2) is 8.73. The van der Waals surface area contributed by atoms with Gasteiger partial charge in [-0.3, -0.25) is 4.98 Å². The molecule has 1 atom stereocenters. The van der Waals surface area contributed by atoms with Crippen molar-refractivity contribution in [1.29, 1.82) is 0 Å². The summed E-state index contributed by atoms with van der Waals surface area (Å²) in [7, 11) is 1.70. The Hall–Kier alpha value is -1.81. The van der Waals surface area contributed by atoms with Gasteiger partial charge in [-0.05, 0) is 44.4 Å². The maximum atomic E-state index is 5.38. The highest BCUT2D eigenvalue weighted by molar-refractivity contribution is 5.91. The average molecular weight is 315 g/mol. The van der Waals surface area contributed by atoms with Gasteiger partial charge in [-0.25, -0.2) is 0 Å². The first-order valence-corrected chi connectivity index (χ1v) is 8.52. The lowest BCUT2D eigenvalue weighted by molar-refractivity contribution is 0.415. The van der Waals surface area contributed by atoms with Crippen molar-refractivity contribution in [3.63, 3.8) is 0 Å². The van der Waals surface area contributed by atoms with E-state index in [0.717, 1.165) is 41.9 Å². The summed E-state index contributed by atoms with van der Waals surface area (Å²) in [5, 5.41) is 8.17. The fraction of sp³-hybridized carbons (Fsp3) is 0.526. The molecule has 0 saturated carbocycles. The second-order valence-electron chi connectivity index (χ2n) is 6.37. The van der Waals surface area contributed by atoms with Crippen LogP contribution >= 0.6 is 0 Å². The van der Waals surface area contributed by atoms with Gasteiger partial charge in [0.05, 0.1) is 18.3 Å². The normalized spacial score (nSPS) is 12.6. The van der Waals surface area contributed by atoms with Crippen LogP contribution in [0.1, 0.15) is 33.6 Å². The van der Waals surface area contributed by atoms with Crippen molar-refractivity contribution >= 4 is 16.6 Å². The fourth-order valence-electron chi connectivity index (χ4n) is 2.46. The number of rotatable bonds is 9. The Morgan fingerprint density at radius 2 is 1.91 bits per heavy atom. The molecule has 0 saturated heterocycles. The molecule has 1 unspecified atom stereocenters. The lowest BCUT2D eigenvalue weighted by atomic mass is 10.1. The molecule has 0 spiro atoms. The van der Waals surface area contributed by atoms with Crippen molar-refractivity contribution in [3.8, 4) is 5.75 Å². The predicted molar refractivity (Wildman–Crippen MR) is 98.3 cm³/mol. The van der Waals surface area contributed by atoms with E-state index in [0.29, 0.717) is 12.0 Å². The van der Waals surface area contributed by atoms with Crippen LogP contribution in [0.25, 0.3) is 10.9 Å². The Bertz CT molecular complexity index is 613. The van der Waals surface area contributed by atoms with Crippen molar-refractivity contribution in [1.82, 2.24) is 10.3 Å². The van der Waals surface area contributed by atoms with Crippen LogP contribution in [0.2, 0.25) is 0 Å². The molecule has 1 aromatic carbocycles. The molecule has 23 heavy (non-hydrogen) atoms. The summed E-state index contributed by atoms with van der Waals surface area (Å²) in [6, 6.07) is 8.63. The summed E-state index contributed by atoms with van der Waals surface area (Å²) in [4.78, 5) is 4.48. The number of pyridine rings is 1. The van der Waals surface area contributed by atoms with Crippen LogP contribution in [-0.2, 0) is 0 Å². The van der Waals surface area contributed by atoms with Gasteiger partial charge >= 0.3 is 0 Å². The number of hydrogen-bond donors (Lipinski definition) is 2. The SMILES string of the molecule is COc1cc(NCCCCNC(C)C(C)C)c2ncccc2c1. The smallest absolute Gasteiger partial charge is 0.121 e. The third kappa shape index (κ3) is 5.10. The summed E-state index contributed by atoms with van der Waals surface area (Å²) in [5.41, 5.74) is 2.04. The van der Waals surface area contributed by atoms with E-state index in [1.165, 1.54) is 6.42 Å². The van der Waals surface area contributed by atoms with E-state index in [-0.39, 0.29) is 0 Å². The minimum atomic E-state index is 0.578. The maximum absolute atomic E-state index is 5.38. The summed E-state index contributed by atoms with van der Waals surface area (Å²) >= 11 is 0. The largest absolute Gasteiger partial charge is 0.497 e. The van der Waals surface area contributed by atoms with E-state index >= 15 is 0 Å².